The second kappa shape index (κ2) is 6.77. The predicted molar refractivity (Wildman–Crippen MR) is 82.9 cm³/mol. The third kappa shape index (κ3) is 3.39. The molecule has 2 amide bonds. The Morgan fingerprint density at radius 3 is 2.19 bits per heavy atom. The molecule has 1 N–H and O–H groups in total. The number of rotatable bonds is 3. The molecule has 2 heterocycles. The van der Waals surface area contributed by atoms with Crippen molar-refractivity contribution < 1.29 is 9.59 Å². The lowest BCUT2D eigenvalue weighted by atomic mass is 9.99. The van der Waals surface area contributed by atoms with E-state index in [1.807, 2.05) is 18.7 Å². The van der Waals surface area contributed by atoms with E-state index in [1.54, 1.807) is 7.05 Å². The first-order valence-corrected chi connectivity index (χ1v) is 8.26. The second-order valence-electron chi connectivity index (χ2n) is 6.73. The average Bonchev–Trinajstić information content (AvgIpc) is 2.82. The zero-order chi connectivity index (χ0) is 15.5. The summed E-state index contributed by atoms with van der Waals surface area (Å²) in [6.07, 6.45) is 6.53. The summed E-state index contributed by atoms with van der Waals surface area (Å²) in [5, 5.41) is 2.73. The number of hydrogen-bond acceptors (Lipinski definition) is 3. The number of hydrogen-bond donors (Lipinski definition) is 1. The van der Waals surface area contributed by atoms with Crippen molar-refractivity contribution in [3.63, 3.8) is 0 Å². The van der Waals surface area contributed by atoms with Crippen molar-refractivity contribution in [3.8, 4) is 0 Å². The predicted octanol–water partition coefficient (Wildman–Crippen LogP) is 1.38. The van der Waals surface area contributed by atoms with Crippen molar-refractivity contribution >= 4 is 11.8 Å². The quantitative estimate of drug-likeness (QED) is 0.856. The van der Waals surface area contributed by atoms with Gasteiger partial charge in [-0.05, 0) is 39.5 Å². The molecule has 0 unspecified atom stereocenters. The van der Waals surface area contributed by atoms with Crippen LogP contribution < -0.4 is 5.32 Å². The van der Waals surface area contributed by atoms with Gasteiger partial charge in [0.25, 0.3) is 0 Å². The summed E-state index contributed by atoms with van der Waals surface area (Å²) in [4.78, 5) is 29.1. The molecule has 0 aromatic rings. The molecule has 0 spiro atoms. The van der Waals surface area contributed by atoms with Gasteiger partial charge in [-0.1, -0.05) is 12.8 Å². The molecule has 2 saturated heterocycles. The van der Waals surface area contributed by atoms with Crippen LogP contribution in [0.3, 0.4) is 0 Å². The van der Waals surface area contributed by atoms with E-state index in [4.69, 9.17) is 0 Å². The van der Waals surface area contributed by atoms with Crippen molar-refractivity contribution in [1.82, 2.24) is 15.1 Å². The van der Waals surface area contributed by atoms with Crippen LogP contribution in [0.15, 0.2) is 0 Å². The highest BCUT2D eigenvalue weighted by Crippen LogP contribution is 2.28. The molecular formula is C16H29N3O2. The Labute approximate surface area is 128 Å². The minimum atomic E-state index is -0.628. The molecule has 0 aliphatic carbocycles. The fraction of sp³-hybridized carbons (Fsp3) is 0.875. The van der Waals surface area contributed by atoms with Gasteiger partial charge in [0, 0.05) is 26.7 Å². The highest BCUT2D eigenvalue weighted by Gasteiger charge is 2.44. The lowest BCUT2D eigenvalue weighted by Crippen LogP contribution is -2.59. The molecule has 2 rings (SSSR count). The maximum atomic E-state index is 12.9. The number of nitrogens with one attached hydrogen (secondary N) is 1. The molecule has 0 aromatic carbocycles. The van der Waals surface area contributed by atoms with Gasteiger partial charge in [-0.2, -0.15) is 0 Å². The molecule has 1 atom stereocenters. The minimum absolute atomic E-state index is 0.0157. The summed E-state index contributed by atoms with van der Waals surface area (Å²) >= 11 is 0. The van der Waals surface area contributed by atoms with Crippen LogP contribution in [0.1, 0.15) is 52.4 Å². The van der Waals surface area contributed by atoms with Crippen LogP contribution in [0.5, 0.6) is 0 Å². The van der Waals surface area contributed by atoms with Gasteiger partial charge in [0.05, 0.1) is 11.6 Å². The van der Waals surface area contributed by atoms with Gasteiger partial charge in [-0.15, -0.1) is 0 Å². The Bertz CT molecular complexity index is 387. The lowest BCUT2D eigenvalue weighted by molar-refractivity contribution is -0.141. The van der Waals surface area contributed by atoms with E-state index < -0.39 is 5.54 Å². The van der Waals surface area contributed by atoms with E-state index in [2.05, 4.69) is 10.2 Å². The minimum Gasteiger partial charge on any atom is -0.358 e. The highest BCUT2D eigenvalue weighted by atomic mass is 16.2. The number of likely N-dealkylation sites (tertiary alicyclic amines) is 2. The standard InChI is InChI=1S/C16H29N3O2/c1-16(2,15(21)17-3)19-12-8-9-13(19)14(20)18-10-6-4-5-7-11-18/h13H,4-12H2,1-3H3,(H,17,21)/t13-/m0/s1. The number of nitrogens with zero attached hydrogens (tertiary/aromatic N) is 2. The van der Waals surface area contributed by atoms with Crippen molar-refractivity contribution in [1.29, 1.82) is 0 Å². The van der Waals surface area contributed by atoms with Gasteiger partial charge in [-0.25, -0.2) is 0 Å². The van der Waals surface area contributed by atoms with E-state index in [0.717, 1.165) is 45.3 Å². The molecule has 0 aromatic heterocycles. The van der Waals surface area contributed by atoms with Gasteiger partial charge in [-0.3, -0.25) is 14.5 Å². The molecule has 2 aliphatic rings. The van der Waals surface area contributed by atoms with Crippen molar-refractivity contribution in [2.24, 2.45) is 0 Å². The molecule has 5 heteroatoms. The zero-order valence-corrected chi connectivity index (χ0v) is 13.7. The second-order valence-corrected chi connectivity index (χ2v) is 6.73. The fourth-order valence-corrected chi connectivity index (χ4v) is 3.63. The van der Waals surface area contributed by atoms with Gasteiger partial charge < -0.3 is 10.2 Å². The number of likely N-dealkylation sites (N-methyl/N-ethyl adjacent to an activating group) is 1. The normalized spacial score (nSPS) is 24.7. The van der Waals surface area contributed by atoms with Crippen LogP contribution in [0, 0.1) is 0 Å². The number of carbonyl (C=O) groups excluding carboxylic acids is 2. The summed E-state index contributed by atoms with van der Waals surface area (Å²) in [7, 11) is 1.66. The van der Waals surface area contributed by atoms with E-state index >= 15 is 0 Å². The summed E-state index contributed by atoms with van der Waals surface area (Å²) in [5.74, 6) is 0.212. The summed E-state index contributed by atoms with van der Waals surface area (Å²) in [5.41, 5.74) is -0.628. The first-order chi connectivity index (χ1) is 9.98. The largest absolute Gasteiger partial charge is 0.358 e. The number of carbonyl (C=O) groups is 2. The van der Waals surface area contributed by atoms with Crippen LogP contribution in [0.2, 0.25) is 0 Å². The Morgan fingerprint density at radius 2 is 1.62 bits per heavy atom. The Hall–Kier alpha value is -1.10. The molecule has 21 heavy (non-hydrogen) atoms. The Kier molecular flexibility index (Phi) is 5.25. The smallest absolute Gasteiger partial charge is 0.239 e. The SMILES string of the molecule is CNC(=O)C(C)(C)N1CCC[C@H]1C(=O)N1CCCCCC1. The zero-order valence-electron chi connectivity index (χ0n) is 13.7. The number of amides is 2. The summed E-state index contributed by atoms with van der Waals surface area (Å²) < 4.78 is 0. The molecule has 2 aliphatic heterocycles. The van der Waals surface area contributed by atoms with E-state index in [-0.39, 0.29) is 17.9 Å². The van der Waals surface area contributed by atoms with E-state index in [1.165, 1.54) is 12.8 Å². The van der Waals surface area contributed by atoms with Crippen LogP contribution >= 0.6 is 0 Å². The molecule has 2 fully saturated rings. The third-order valence-electron chi connectivity index (χ3n) is 4.96. The molecule has 0 saturated carbocycles. The Balaban J connectivity index is 2.10. The lowest BCUT2D eigenvalue weighted by Gasteiger charge is -2.39. The Morgan fingerprint density at radius 1 is 1.00 bits per heavy atom. The highest BCUT2D eigenvalue weighted by molar-refractivity contribution is 5.88. The van der Waals surface area contributed by atoms with E-state index in [9.17, 15) is 9.59 Å². The first kappa shape index (κ1) is 16.3. The topological polar surface area (TPSA) is 52.7 Å². The maximum absolute atomic E-state index is 12.9. The molecule has 0 radical (unpaired) electrons. The van der Waals surface area contributed by atoms with Gasteiger partial charge in [0.15, 0.2) is 0 Å². The van der Waals surface area contributed by atoms with Crippen molar-refractivity contribution in [3.05, 3.63) is 0 Å². The van der Waals surface area contributed by atoms with Crippen molar-refractivity contribution in [2.45, 2.75) is 64.0 Å². The molecular weight excluding hydrogens is 266 g/mol. The summed E-state index contributed by atoms with van der Waals surface area (Å²) in [6, 6.07) is -0.129. The van der Waals surface area contributed by atoms with Crippen LogP contribution in [0.25, 0.3) is 0 Å². The third-order valence-corrected chi connectivity index (χ3v) is 4.96. The van der Waals surface area contributed by atoms with Gasteiger partial charge in [0.2, 0.25) is 11.8 Å². The van der Waals surface area contributed by atoms with Gasteiger partial charge in [0.1, 0.15) is 0 Å². The first-order valence-electron chi connectivity index (χ1n) is 8.26. The molecule has 120 valence electrons. The maximum Gasteiger partial charge on any atom is 0.239 e. The fourth-order valence-electron chi connectivity index (χ4n) is 3.63. The average molecular weight is 295 g/mol. The van der Waals surface area contributed by atoms with Crippen LogP contribution in [-0.4, -0.2) is 59.9 Å². The van der Waals surface area contributed by atoms with Gasteiger partial charge >= 0.3 is 0 Å². The summed E-state index contributed by atoms with van der Waals surface area (Å²) in [6.45, 7) is 6.41. The monoisotopic (exact) mass is 295 g/mol. The van der Waals surface area contributed by atoms with Crippen LogP contribution in [-0.2, 0) is 9.59 Å². The van der Waals surface area contributed by atoms with E-state index in [0.29, 0.717) is 0 Å². The molecule has 0 bridgehead atoms. The molecule has 5 nitrogen and oxygen atoms in total. The van der Waals surface area contributed by atoms with Crippen molar-refractivity contribution in [2.75, 3.05) is 26.7 Å². The van der Waals surface area contributed by atoms with Crippen LogP contribution in [0.4, 0.5) is 0 Å².